The van der Waals surface area contributed by atoms with Gasteiger partial charge in [-0.25, -0.2) is 5.84 Å². The Morgan fingerprint density at radius 3 is 2.62 bits per heavy atom. The summed E-state index contributed by atoms with van der Waals surface area (Å²) >= 11 is 0. The maximum absolute atomic E-state index is 11.1. The largest absolute Gasteiger partial charge is 0.483 e. The standard InChI is InChI=1S/C13H18N2O6/c1-20-12(18)6-9(16)13(19)8-4-2-3-5-10(8)21-7-11(17)15-14/h2-5,9,13,16,19H,6-7,14H2,1H3,(H,15,17). The minimum Gasteiger partial charge on any atom is -0.483 e. The minimum atomic E-state index is -1.36. The molecule has 1 aromatic carbocycles. The molecule has 0 aromatic heterocycles. The number of esters is 1. The lowest BCUT2D eigenvalue weighted by molar-refractivity contribution is -0.144. The fourth-order valence-corrected chi connectivity index (χ4v) is 1.61. The third-order valence-electron chi connectivity index (χ3n) is 2.73. The van der Waals surface area contributed by atoms with E-state index in [4.69, 9.17) is 10.6 Å². The van der Waals surface area contributed by atoms with E-state index in [0.29, 0.717) is 0 Å². The number of aliphatic hydroxyl groups excluding tert-OH is 2. The van der Waals surface area contributed by atoms with E-state index in [9.17, 15) is 19.8 Å². The molecule has 2 atom stereocenters. The van der Waals surface area contributed by atoms with Gasteiger partial charge < -0.3 is 19.7 Å². The molecule has 21 heavy (non-hydrogen) atoms. The van der Waals surface area contributed by atoms with Crippen LogP contribution in [0.4, 0.5) is 0 Å². The van der Waals surface area contributed by atoms with E-state index >= 15 is 0 Å². The van der Waals surface area contributed by atoms with Gasteiger partial charge in [0, 0.05) is 5.56 Å². The smallest absolute Gasteiger partial charge is 0.308 e. The lowest BCUT2D eigenvalue weighted by Crippen LogP contribution is -2.34. The Morgan fingerprint density at radius 1 is 1.33 bits per heavy atom. The van der Waals surface area contributed by atoms with Gasteiger partial charge in [-0.15, -0.1) is 0 Å². The summed E-state index contributed by atoms with van der Waals surface area (Å²) in [5.41, 5.74) is 2.15. The molecule has 1 amide bonds. The van der Waals surface area contributed by atoms with E-state index in [1.165, 1.54) is 19.2 Å². The highest BCUT2D eigenvalue weighted by Crippen LogP contribution is 2.28. The fourth-order valence-electron chi connectivity index (χ4n) is 1.61. The Bertz CT molecular complexity index is 493. The van der Waals surface area contributed by atoms with Crippen molar-refractivity contribution in [3.05, 3.63) is 29.8 Å². The van der Waals surface area contributed by atoms with Crippen LogP contribution in [-0.4, -0.2) is 41.9 Å². The first-order valence-corrected chi connectivity index (χ1v) is 6.13. The van der Waals surface area contributed by atoms with Gasteiger partial charge in [-0.2, -0.15) is 0 Å². The molecule has 0 saturated carbocycles. The third-order valence-corrected chi connectivity index (χ3v) is 2.73. The fraction of sp³-hybridized carbons (Fsp3) is 0.385. The lowest BCUT2D eigenvalue weighted by Gasteiger charge is -2.20. The quantitative estimate of drug-likeness (QED) is 0.220. The zero-order valence-corrected chi connectivity index (χ0v) is 11.5. The van der Waals surface area contributed by atoms with Gasteiger partial charge in [0.15, 0.2) is 6.61 Å². The van der Waals surface area contributed by atoms with E-state index in [1.54, 1.807) is 12.1 Å². The van der Waals surface area contributed by atoms with Crippen molar-refractivity contribution < 1.29 is 29.3 Å². The monoisotopic (exact) mass is 298 g/mol. The molecule has 0 spiro atoms. The van der Waals surface area contributed by atoms with Crippen molar-refractivity contribution in [2.75, 3.05) is 13.7 Å². The van der Waals surface area contributed by atoms with Crippen LogP contribution in [-0.2, 0) is 14.3 Å². The molecule has 0 aliphatic rings. The second-order valence-corrected chi connectivity index (χ2v) is 4.19. The van der Waals surface area contributed by atoms with E-state index in [-0.39, 0.29) is 24.3 Å². The Balaban J connectivity index is 2.81. The van der Waals surface area contributed by atoms with Gasteiger partial charge in [0.2, 0.25) is 0 Å². The van der Waals surface area contributed by atoms with E-state index < -0.39 is 24.1 Å². The molecule has 1 rings (SSSR count). The van der Waals surface area contributed by atoms with Crippen LogP contribution >= 0.6 is 0 Å². The van der Waals surface area contributed by atoms with Gasteiger partial charge in [-0.1, -0.05) is 18.2 Å². The van der Waals surface area contributed by atoms with E-state index in [0.717, 1.165) is 0 Å². The van der Waals surface area contributed by atoms with Crippen LogP contribution in [0.15, 0.2) is 24.3 Å². The molecule has 5 N–H and O–H groups in total. The molecular formula is C13H18N2O6. The van der Waals surface area contributed by atoms with Gasteiger partial charge in [0.1, 0.15) is 11.9 Å². The van der Waals surface area contributed by atoms with E-state index in [2.05, 4.69) is 4.74 Å². The highest BCUT2D eigenvalue weighted by atomic mass is 16.5. The normalized spacial score (nSPS) is 13.1. The van der Waals surface area contributed by atoms with Gasteiger partial charge in [0.25, 0.3) is 5.91 Å². The molecule has 116 valence electrons. The summed E-state index contributed by atoms with van der Waals surface area (Å²) in [4.78, 5) is 22.2. The van der Waals surface area contributed by atoms with Crippen molar-refractivity contribution >= 4 is 11.9 Å². The minimum absolute atomic E-state index is 0.206. The lowest BCUT2D eigenvalue weighted by atomic mass is 10.0. The number of para-hydroxylation sites is 1. The summed E-state index contributed by atoms with van der Waals surface area (Å²) in [7, 11) is 1.18. The number of methoxy groups -OCH3 is 1. The average Bonchev–Trinajstić information content (AvgIpc) is 2.51. The van der Waals surface area contributed by atoms with Gasteiger partial charge >= 0.3 is 5.97 Å². The van der Waals surface area contributed by atoms with E-state index in [1.807, 2.05) is 5.43 Å². The second-order valence-electron chi connectivity index (χ2n) is 4.19. The summed E-state index contributed by atoms with van der Waals surface area (Å²) in [6, 6.07) is 6.30. The summed E-state index contributed by atoms with van der Waals surface area (Å²) in [6.45, 7) is -0.340. The predicted molar refractivity (Wildman–Crippen MR) is 71.9 cm³/mol. The molecule has 8 heteroatoms. The number of amides is 1. The Morgan fingerprint density at radius 2 is 2.00 bits per heavy atom. The van der Waals surface area contributed by atoms with Crippen LogP contribution in [0, 0.1) is 0 Å². The molecule has 0 radical (unpaired) electrons. The number of hydrazine groups is 1. The number of carbonyl (C=O) groups is 2. The average molecular weight is 298 g/mol. The molecule has 8 nitrogen and oxygen atoms in total. The molecule has 0 fully saturated rings. The SMILES string of the molecule is COC(=O)CC(O)C(O)c1ccccc1OCC(=O)NN. The molecular weight excluding hydrogens is 280 g/mol. The van der Waals surface area contributed by atoms with Crippen molar-refractivity contribution in [1.29, 1.82) is 0 Å². The predicted octanol–water partition coefficient (Wildman–Crippen LogP) is -0.987. The number of benzene rings is 1. The first-order valence-electron chi connectivity index (χ1n) is 6.13. The number of ether oxygens (including phenoxy) is 2. The zero-order valence-electron chi connectivity index (χ0n) is 11.5. The highest BCUT2D eigenvalue weighted by Gasteiger charge is 2.24. The topological polar surface area (TPSA) is 131 Å². The Labute approximate surface area is 121 Å². The zero-order chi connectivity index (χ0) is 15.8. The molecule has 0 aliphatic heterocycles. The molecule has 1 aromatic rings. The van der Waals surface area contributed by atoms with Crippen molar-refractivity contribution in [3.63, 3.8) is 0 Å². The van der Waals surface area contributed by atoms with Crippen molar-refractivity contribution in [1.82, 2.24) is 5.43 Å². The number of aliphatic hydroxyl groups is 2. The molecule has 0 bridgehead atoms. The number of nitrogens with one attached hydrogen (secondary N) is 1. The summed E-state index contributed by atoms with van der Waals surface area (Å²) in [5.74, 6) is 3.94. The van der Waals surface area contributed by atoms with Gasteiger partial charge in [-0.05, 0) is 6.07 Å². The number of rotatable bonds is 7. The van der Waals surface area contributed by atoms with Gasteiger partial charge in [-0.3, -0.25) is 15.0 Å². The van der Waals surface area contributed by atoms with Crippen LogP contribution in [0.1, 0.15) is 18.1 Å². The number of hydrogen-bond acceptors (Lipinski definition) is 7. The van der Waals surface area contributed by atoms with Crippen LogP contribution in [0.25, 0.3) is 0 Å². The van der Waals surface area contributed by atoms with Gasteiger partial charge in [0.05, 0.1) is 19.6 Å². The first-order chi connectivity index (χ1) is 9.99. The van der Waals surface area contributed by atoms with Crippen molar-refractivity contribution in [3.8, 4) is 5.75 Å². The highest BCUT2D eigenvalue weighted by molar-refractivity contribution is 5.76. The summed E-state index contributed by atoms with van der Waals surface area (Å²) in [6.07, 6.45) is -3.08. The maximum atomic E-state index is 11.1. The number of hydrogen-bond donors (Lipinski definition) is 4. The molecule has 0 heterocycles. The van der Waals surface area contributed by atoms with Crippen LogP contribution in [0.5, 0.6) is 5.75 Å². The van der Waals surface area contributed by atoms with Crippen LogP contribution in [0.2, 0.25) is 0 Å². The molecule has 0 aliphatic carbocycles. The van der Waals surface area contributed by atoms with Crippen molar-refractivity contribution in [2.45, 2.75) is 18.6 Å². The Kier molecular flexibility index (Phi) is 6.60. The van der Waals surface area contributed by atoms with Crippen molar-refractivity contribution in [2.24, 2.45) is 5.84 Å². The molecule has 0 saturated heterocycles. The molecule has 2 unspecified atom stereocenters. The first kappa shape index (κ1) is 16.9. The Hall–Kier alpha value is -2.16. The van der Waals surface area contributed by atoms with Crippen LogP contribution < -0.4 is 16.0 Å². The number of carbonyl (C=O) groups excluding carboxylic acids is 2. The second kappa shape index (κ2) is 8.20. The summed E-state index contributed by atoms with van der Waals surface area (Å²) < 4.78 is 9.64. The number of nitrogens with two attached hydrogens (primary N) is 1. The summed E-state index contributed by atoms with van der Waals surface area (Å²) in [5, 5.41) is 19.9. The van der Waals surface area contributed by atoms with Crippen LogP contribution in [0.3, 0.4) is 0 Å². The maximum Gasteiger partial charge on any atom is 0.308 e. The third kappa shape index (κ3) is 5.03.